The Kier molecular flexibility index (Phi) is 4.88. The summed E-state index contributed by atoms with van der Waals surface area (Å²) in [5, 5.41) is 5.10. The van der Waals surface area contributed by atoms with E-state index in [0.29, 0.717) is 18.7 Å². The van der Waals surface area contributed by atoms with Gasteiger partial charge in [-0.05, 0) is 72.0 Å². The summed E-state index contributed by atoms with van der Waals surface area (Å²) in [6.07, 6.45) is 0.729. The molecule has 0 spiro atoms. The van der Waals surface area contributed by atoms with E-state index in [2.05, 4.69) is 33.8 Å². The minimum atomic E-state index is -0.351. The molecule has 3 aromatic rings. The van der Waals surface area contributed by atoms with E-state index in [-0.39, 0.29) is 12.0 Å². The minimum Gasteiger partial charge on any atom is -0.447 e. The second-order valence-electron chi connectivity index (χ2n) is 7.35. The highest BCUT2D eigenvalue weighted by Crippen LogP contribution is 2.28. The highest BCUT2D eigenvalue weighted by Gasteiger charge is 2.23. The van der Waals surface area contributed by atoms with Crippen LogP contribution < -0.4 is 15.1 Å². The molecule has 0 bridgehead atoms. The monoisotopic (exact) mass is 419 g/mol. The average molecular weight is 420 g/mol. The van der Waals surface area contributed by atoms with Crippen LogP contribution in [0.2, 0.25) is 0 Å². The molecule has 1 fully saturated rings. The molecule has 5 rings (SSSR count). The Labute approximate surface area is 178 Å². The minimum absolute atomic E-state index is 0.181. The zero-order valence-corrected chi connectivity index (χ0v) is 17.2. The second kappa shape index (κ2) is 7.84. The van der Waals surface area contributed by atoms with Gasteiger partial charge in [-0.2, -0.15) is 0 Å². The summed E-state index contributed by atoms with van der Waals surface area (Å²) >= 11 is 1.84. The van der Waals surface area contributed by atoms with Crippen LogP contribution in [0, 0.1) is 0 Å². The number of carbonyl (C=O) groups excluding carboxylic acids is 2. The lowest BCUT2D eigenvalue weighted by Crippen LogP contribution is -2.29. The lowest BCUT2D eigenvalue weighted by atomic mass is 10.1. The van der Waals surface area contributed by atoms with Crippen molar-refractivity contribution in [3.8, 4) is 0 Å². The molecular formula is C23H21N3O3S. The van der Waals surface area contributed by atoms with E-state index < -0.39 is 0 Å². The molecule has 0 atom stereocenters. The second-order valence-corrected chi connectivity index (χ2v) is 8.36. The lowest BCUT2D eigenvalue weighted by molar-refractivity contribution is 0.102. The van der Waals surface area contributed by atoms with Crippen LogP contribution in [0.3, 0.4) is 0 Å². The molecule has 3 heterocycles. The van der Waals surface area contributed by atoms with Gasteiger partial charge in [-0.3, -0.25) is 9.69 Å². The fraction of sp³-hybridized carbons (Fsp3) is 0.217. The summed E-state index contributed by atoms with van der Waals surface area (Å²) in [7, 11) is 0. The Morgan fingerprint density at radius 2 is 1.73 bits per heavy atom. The van der Waals surface area contributed by atoms with E-state index in [9.17, 15) is 9.59 Å². The third-order valence-electron chi connectivity index (χ3n) is 5.50. The Hall–Kier alpha value is -3.32. The van der Waals surface area contributed by atoms with Gasteiger partial charge in [0, 0.05) is 40.6 Å². The van der Waals surface area contributed by atoms with Crippen LogP contribution in [0.15, 0.2) is 60.0 Å². The van der Waals surface area contributed by atoms with Gasteiger partial charge in [0.15, 0.2) is 0 Å². The average Bonchev–Trinajstić information content (AvgIpc) is 3.42. The topological polar surface area (TPSA) is 61.9 Å². The van der Waals surface area contributed by atoms with Crippen molar-refractivity contribution in [2.24, 2.45) is 0 Å². The fourth-order valence-electron chi connectivity index (χ4n) is 3.85. The van der Waals surface area contributed by atoms with Crippen molar-refractivity contribution in [3.63, 3.8) is 0 Å². The number of hydrogen-bond acceptors (Lipinski definition) is 5. The van der Waals surface area contributed by atoms with Gasteiger partial charge >= 0.3 is 6.09 Å². The molecule has 0 unspecified atom stereocenters. The van der Waals surface area contributed by atoms with Crippen LogP contribution in [0.25, 0.3) is 0 Å². The summed E-state index contributed by atoms with van der Waals surface area (Å²) in [4.78, 5) is 29.6. The maximum atomic E-state index is 12.6. The van der Waals surface area contributed by atoms with Gasteiger partial charge in [0.25, 0.3) is 5.91 Å². The number of cyclic esters (lactones) is 1. The van der Waals surface area contributed by atoms with Crippen molar-refractivity contribution in [1.82, 2.24) is 0 Å². The SMILES string of the molecule is O=C(Nc1ccc(N2CCc3sccc3C2)cc1)c1ccc(N2CCOC2=O)cc1. The number of nitrogens with zero attached hydrogens (tertiary/aromatic N) is 2. The first-order chi connectivity index (χ1) is 14.7. The maximum Gasteiger partial charge on any atom is 0.414 e. The number of carbonyl (C=O) groups is 2. The molecule has 7 heteroatoms. The molecular weight excluding hydrogens is 398 g/mol. The Morgan fingerprint density at radius 3 is 2.47 bits per heavy atom. The Bertz CT molecular complexity index is 1080. The number of amides is 2. The molecule has 1 aromatic heterocycles. The van der Waals surface area contributed by atoms with Crippen LogP contribution in [0.1, 0.15) is 20.8 Å². The van der Waals surface area contributed by atoms with Crippen LogP contribution in [-0.2, 0) is 17.7 Å². The molecule has 1 saturated heterocycles. The Balaban J connectivity index is 1.23. The summed E-state index contributed by atoms with van der Waals surface area (Å²) in [6, 6.07) is 17.1. The normalized spacial score (nSPS) is 15.7. The van der Waals surface area contributed by atoms with E-state index >= 15 is 0 Å². The molecule has 2 aliphatic heterocycles. The van der Waals surface area contributed by atoms with E-state index in [1.807, 2.05) is 23.5 Å². The first-order valence-corrected chi connectivity index (χ1v) is 10.8. The van der Waals surface area contributed by atoms with Gasteiger partial charge in [0.2, 0.25) is 0 Å². The van der Waals surface area contributed by atoms with Gasteiger partial charge < -0.3 is 15.0 Å². The molecule has 6 nitrogen and oxygen atoms in total. The zero-order valence-electron chi connectivity index (χ0n) is 16.3. The van der Waals surface area contributed by atoms with E-state index in [4.69, 9.17) is 4.74 Å². The zero-order chi connectivity index (χ0) is 20.5. The number of rotatable bonds is 4. The summed E-state index contributed by atoms with van der Waals surface area (Å²) in [6.45, 7) is 2.86. The predicted octanol–water partition coefficient (Wildman–Crippen LogP) is 4.52. The number of nitrogens with one attached hydrogen (secondary N) is 1. The van der Waals surface area contributed by atoms with Crippen molar-refractivity contribution >= 4 is 40.4 Å². The third-order valence-corrected chi connectivity index (χ3v) is 6.52. The molecule has 30 heavy (non-hydrogen) atoms. The maximum absolute atomic E-state index is 12.6. The smallest absolute Gasteiger partial charge is 0.414 e. The molecule has 2 aliphatic rings. The van der Waals surface area contributed by atoms with E-state index in [1.54, 1.807) is 29.2 Å². The van der Waals surface area contributed by atoms with Crippen molar-refractivity contribution in [3.05, 3.63) is 76.0 Å². The molecule has 152 valence electrons. The van der Waals surface area contributed by atoms with E-state index in [0.717, 1.165) is 36.6 Å². The van der Waals surface area contributed by atoms with Crippen molar-refractivity contribution in [2.75, 3.05) is 34.8 Å². The van der Waals surface area contributed by atoms with Gasteiger partial charge in [-0.1, -0.05) is 0 Å². The first-order valence-electron chi connectivity index (χ1n) is 9.93. The number of anilines is 3. The quantitative estimate of drug-likeness (QED) is 0.675. The van der Waals surface area contributed by atoms with Gasteiger partial charge in [-0.25, -0.2) is 4.79 Å². The highest BCUT2D eigenvalue weighted by molar-refractivity contribution is 7.10. The summed E-state index contributed by atoms with van der Waals surface area (Å²) in [5.41, 5.74) is 4.59. The van der Waals surface area contributed by atoms with Gasteiger partial charge in [0.05, 0.1) is 6.54 Å². The van der Waals surface area contributed by atoms with Crippen LogP contribution in [-0.4, -0.2) is 31.7 Å². The van der Waals surface area contributed by atoms with E-state index in [1.165, 1.54) is 10.4 Å². The first kappa shape index (κ1) is 18.7. The van der Waals surface area contributed by atoms with Crippen LogP contribution in [0.4, 0.5) is 21.9 Å². The molecule has 1 N–H and O–H groups in total. The summed E-state index contributed by atoms with van der Waals surface area (Å²) < 4.78 is 4.95. The van der Waals surface area contributed by atoms with Gasteiger partial charge in [-0.15, -0.1) is 11.3 Å². The molecule has 0 aliphatic carbocycles. The largest absolute Gasteiger partial charge is 0.447 e. The Morgan fingerprint density at radius 1 is 0.967 bits per heavy atom. The number of benzene rings is 2. The highest BCUT2D eigenvalue weighted by atomic mass is 32.1. The van der Waals surface area contributed by atoms with Gasteiger partial charge in [0.1, 0.15) is 6.61 Å². The van der Waals surface area contributed by atoms with Crippen molar-refractivity contribution in [2.45, 2.75) is 13.0 Å². The predicted molar refractivity (Wildman–Crippen MR) is 119 cm³/mol. The number of hydrogen-bond donors (Lipinski definition) is 1. The molecule has 2 amide bonds. The standard InChI is InChI=1S/C23H21N3O3S/c27-22(16-1-5-20(6-2-16)26-12-13-29-23(26)28)24-18-3-7-19(8-4-18)25-11-9-21-17(15-25)10-14-30-21/h1-8,10,14H,9,11-13,15H2,(H,24,27). The van der Waals surface area contributed by atoms with Crippen molar-refractivity contribution in [1.29, 1.82) is 0 Å². The number of ether oxygens (including phenoxy) is 1. The molecule has 0 radical (unpaired) electrons. The van der Waals surface area contributed by atoms with Crippen LogP contribution in [0.5, 0.6) is 0 Å². The fourth-order valence-corrected chi connectivity index (χ4v) is 4.74. The number of fused-ring (bicyclic) bond motifs is 1. The lowest BCUT2D eigenvalue weighted by Gasteiger charge is -2.29. The number of thiophene rings is 1. The molecule has 0 saturated carbocycles. The summed E-state index contributed by atoms with van der Waals surface area (Å²) in [5.74, 6) is -0.181. The van der Waals surface area contributed by atoms with Crippen molar-refractivity contribution < 1.29 is 14.3 Å². The third kappa shape index (κ3) is 3.64. The molecule has 2 aromatic carbocycles. The van der Waals surface area contributed by atoms with Crippen LogP contribution >= 0.6 is 11.3 Å².